The fourth-order valence-corrected chi connectivity index (χ4v) is 5.30. The van der Waals surface area contributed by atoms with Crippen molar-refractivity contribution in [3.05, 3.63) is 134 Å². The van der Waals surface area contributed by atoms with Gasteiger partial charge in [-0.25, -0.2) is 13.6 Å². The van der Waals surface area contributed by atoms with Crippen molar-refractivity contribution in [3.63, 3.8) is 0 Å². The highest BCUT2D eigenvalue weighted by molar-refractivity contribution is 5.51. The van der Waals surface area contributed by atoms with Gasteiger partial charge in [-0.3, -0.25) is 13.9 Å². The highest BCUT2D eigenvalue weighted by atomic mass is 19.1. The van der Waals surface area contributed by atoms with E-state index in [-0.39, 0.29) is 24.6 Å². The molecule has 196 valence electrons. The number of anilines is 1. The molecule has 38 heavy (non-hydrogen) atoms. The van der Waals surface area contributed by atoms with Crippen LogP contribution in [0.5, 0.6) is 0 Å². The zero-order valence-electron chi connectivity index (χ0n) is 21.2. The first-order chi connectivity index (χ1) is 18.3. The van der Waals surface area contributed by atoms with E-state index >= 15 is 0 Å². The van der Waals surface area contributed by atoms with E-state index in [4.69, 9.17) is 5.73 Å². The zero-order chi connectivity index (χ0) is 26.8. The molecule has 2 unspecified atom stereocenters. The van der Waals surface area contributed by atoms with Crippen LogP contribution in [0.3, 0.4) is 0 Å². The number of nitrogens with two attached hydrogens (primary N) is 1. The molecule has 0 radical (unpaired) electrons. The first-order valence-corrected chi connectivity index (χ1v) is 12.7. The predicted molar refractivity (Wildman–Crippen MR) is 145 cm³/mol. The Kier molecular flexibility index (Phi) is 7.24. The van der Waals surface area contributed by atoms with Crippen molar-refractivity contribution in [2.24, 2.45) is 5.73 Å². The Bertz CT molecular complexity index is 1530. The average Bonchev–Trinajstić information content (AvgIpc) is 3.41. The summed E-state index contributed by atoms with van der Waals surface area (Å²) >= 11 is 0. The number of rotatable bonds is 7. The van der Waals surface area contributed by atoms with Crippen LogP contribution >= 0.6 is 0 Å². The number of aromatic nitrogens is 2. The fraction of sp³-hybridized carbons (Fsp3) is 0.267. The van der Waals surface area contributed by atoms with Crippen LogP contribution in [-0.4, -0.2) is 22.2 Å². The van der Waals surface area contributed by atoms with Gasteiger partial charge in [0.2, 0.25) is 0 Å². The lowest BCUT2D eigenvalue weighted by atomic mass is 9.99. The maximum Gasteiger partial charge on any atom is 0.331 e. The molecule has 1 fully saturated rings. The van der Waals surface area contributed by atoms with Crippen LogP contribution in [0, 0.1) is 18.6 Å². The number of halogens is 2. The van der Waals surface area contributed by atoms with Crippen LogP contribution in [0.2, 0.25) is 0 Å². The molecular weight excluding hydrogens is 486 g/mol. The van der Waals surface area contributed by atoms with E-state index in [0.717, 1.165) is 28.7 Å². The summed E-state index contributed by atoms with van der Waals surface area (Å²) in [5.41, 5.74) is 7.78. The summed E-state index contributed by atoms with van der Waals surface area (Å²) in [5.74, 6) is -1.27. The second-order valence-corrected chi connectivity index (χ2v) is 9.78. The number of hydrogen-bond donors (Lipinski definition) is 1. The molecule has 1 aliphatic heterocycles. The van der Waals surface area contributed by atoms with Crippen molar-refractivity contribution in [1.29, 1.82) is 0 Å². The molecule has 5 rings (SSSR count). The molecule has 8 heteroatoms. The number of hydrogen-bond acceptors (Lipinski definition) is 4. The van der Waals surface area contributed by atoms with Gasteiger partial charge in [0.05, 0.1) is 13.1 Å². The second-order valence-electron chi connectivity index (χ2n) is 9.78. The van der Waals surface area contributed by atoms with E-state index in [2.05, 4.69) is 12.1 Å². The summed E-state index contributed by atoms with van der Waals surface area (Å²) in [6.45, 7) is 2.47. The molecule has 0 saturated carbocycles. The van der Waals surface area contributed by atoms with Crippen molar-refractivity contribution in [1.82, 2.24) is 9.13 Å². The Labute approximate surface area is 219 Å². The van der Waals surface area contributed by atoms with Crippen LogP contribution in [0.4, 0.5) is 14.5 Å². The molecule has 4 aromatic rings. The standard InChI is InChI=1S/C30H30F2N4O2/c1-20-28(34-16-15-23(17-34)21-9-4-2-5-10-21)29(37)36(19-27(33)22-11-6-3-7-12-22)30(38)35(20)18-24-25(31)13-8-14-26(24)32/h2-14,23,27H,15-19,33H2,1H3. The van der Waals surface area contributed by atoms with Crippen LogP contribution in [0.25, 0.3) is 0 Å². The topological polar surface area (TPSA) is 73.3 Å². The lowest BCUT2D eigenvalue weighted by Crippen LogP contribution is -2.46. The molecule has 0 aliphatic carbocycles. The molecule has 1 aromatic heterocycles. The SMILES string of the molecule is Cc1c(N2CCC(c3ccccc3)C2)c(=O)n(CC(N)c2ccccc2)c(=O)n1Cc1c(F)cccc1F. The van der Waals surface area contributed by atoms with E-state index in [1.54, 1.807) is 6.92 Å². The minimum atomic E-state index is -0.748. The number of benzene rings is 3. The molecule has 3 aromatic carbocycles. The Morgan fingerprint density at radius 2 is 1.53 bits per heavy atom. The molecule has 0 spiro atoms. The second kappa shape index (κ2) is 10.8. The molecule has 2 atom stereocenters. The third kappa shape index (κ3) is 4.91. The Morgan fingerprint density at radius 3 is 2.18 bits per heavy atom. The Balaban J connectivity index is 1.60. The van der Waals surface area contributed by atoms with Gasteiger partial charge >= 0.3 is 5.69 Å². The average molecular weight is 517 g/mol. The fourth-order valence-electron chi connectivity index (χ4n) is 5.30. The van der Waals surface area contributed by atoms with Crippen LogP contribution in [-0.2, 0) is 13.1 Å². The normalized spacial score (nSPS) is 16.1. The monoisotopic (exact) mass is 516 g/mol. The Morgan fingerprint density at radius 1 is 0.895 bits per heavy atom. The third-order valence-electron chi connectivity index (χ3n) is 7.42. The van der Waals surface area contributed by atoms with Gasteiger partial charge < -0.3 is 10.6 Å². The van der Waals surface area contributed by atoms with E-state index in [9.17, 15) is 18.4 Å². The van der Waals surface area contributed by atoms with Crippen molar-refractivity contribution in [2.75, 3.05) is 18.0 Å². The molecule has 1 aliphatic rings. The van der Waals surface area contributed by atoms with Crippen LogP contribution in [0.15, 0.2) is 88.5 Å². The molecule has 1 saturated heterocycles. The van der Waals surface area contributed by atoms with Gasteiger partial charge in [0, 0.05) is 36.3 Å². The summed E-state index contributed by atoms with van der Waals surface area (Å²) in [6.07, 6.45) is 0.841. The Hall–Kier alpha value is -4.04. The largest absolute Gasteiger partial charge is 0.365 e. The summed E-state index contributed by atoms with van der Waals surface area (Å²) in [4.78, 5) is 29.5. The van der Waals surface area contributed by atoms with Gasteiger partial charge in [-0.1, -0.05) is 66.7 Å². The van der Waals surface area contributed by atoms with E-state index < -0.39 is 28.9 Å². The van der Waals surface area contributed by atoms with Crippen molar-refractivity contribution < 1.29 is 8.78 Å². The third-order valence-corrected chi connectivity index (χ3v) is 7.42. The van der Waals surface area contributed by atoms with Gasteiger partial charge in [0.15, 0.2) is 0 Å². The smallest absolute Gasteiger partial charge is 0.331 e. The summed E-state index contributed by atoms with van der Waals surface area (Å²) in [5, 5.41) is 0. The molecule has 2 N–H and O–H groups in total. The lowest BCUT2D eigenvalue weighted by Gasteiger charge is -2.25. The molecule has 6 nitrogen and oxygen atoms in total. The van der Waals surface area contributed by atoms with Crippen LogP contribution < -0.4 is 21.9 Å². The van der Waals surface area contributed by atoms with E-state index in [1.807, 2.05) is 53.4 Å². The lowest BCUT2D eigenvalue weighted by molar-refractivity contribution is 0.491. The van der Waals surface area contributed by atoms with Crippen molar-refractivity contribution in [3.8, 4) is 0 Å². The van der Waals surface area contributed by atoms with E-state index in [0.29, 0.717) is 24.5 Å². The highest BCUT2D eigenvalue weighted by Crippen LogP contribution is 2.30. The summed E-state index contributed by atoms with van der Waals surface area (Å²) < 4.78 is 31.6. The minimum Gasteiger partial charge on any atom is -0.365 e. The number of nitrogens with zero attached hydrogens (tertiary/aromatic N) is 3. The minimum absolute atomic E-state index is 0.0648. The summed E-state index contributed by atoms with van der Waals surface area (Å²) in [6, 6.07) is 22.3. The molecule has 0 bridgehead atoms. The predicted octanol–water partition coefficient (Wildman–Crippen LogP) is 4.34. The molecule has 0 amide bonds. The molecule has 2 heterocycles. The van der Waals surface area contributed by atoms with Crippen molar-refractivity contribution in [2.45, 2.75) is 38.4 Å². The first-order valence-electron chi connectivity index (χ1n) is 12.7. The summed E-state index contributed by atoms with van der Waals surface area (Å²) in [7, 11) is 0. The zero-order valence-corrected chi connectivity index (χ0v) is 21.2. The molecular formula is C30H30F2N4O2. The van der Waals surface area contributed by atoms with Gasteiger partial charge in [-0.15, -0.1) is 0 Å². The maximum absolute atomic E-state index is 14.6. The van der Waals surface area contributed by atoms with Crippen LogP contribution in [0.1, 0.15) is 40.8 Å². The van der Waals surface area contributed by atoms with Gasteiger partial charge in [0.1, 0.15) is 17.3 Å². The van der Waals surface area contributed by atoms with Crippen molar-refractivity contribution >= 4 is 5.69 Å². The van der Waals surface area contributed by atoms with Gasteiger partial charge in [-0.05, 0) is 36.6 Å². The quantitative estimate of drug-likeness (QED) is 0.397. The maximum atomic E-state index is 14.6. The first kappa shape index (κ1) is 25.6. The van der Waals surface area contributed by atoms with Gasteiger partial charge in [0.25, 0.3) is 5.56 Å². The van der Waals surface area contributed by atoms with E-state index in [1.165, 1.54) is 16.2 Å². The van der Waals surface area contributed by atoms with Gasteiger partial charge in [-0.2, -0.15) is 0 Å². The highest BCUT2D eigenvalue weighted by Gasteiger charge is 2.30.